The van der Waals surface area contributed by atoms with Crippen LogP contribution in [0.4, 0.5) is 5.69 Å². The van der Waals surface area contributed by atoms with E-state index in [1.165, 1.54) is 0 Å². The molecule has 1 amide bonds. The third-order valence-corrected chi connectivity index (χ3v) is 3.96. The lowest BCUT2D eigenvalue weighted by Gasteiger charge is -2.10. The quantitative estimate of drug-likeness (QED) is 0.247. The molecule has 1 heterocycles. The van der Waals surface area contributed by atoms with Crippen molar-refractivity contribution in [2.75, 3.05) is 31.6 Å². The van der Waals surface area contributed by atoms with Gasteiger partial charge in [0.2, 0.25) is 0 Å². The van der Waals surface area contributed by atoms with Gasteiger partial charge in [-0.15, -0.1) is 24.0 Å². The lowest BCUT2D eigenvalue weighted by Crippen LogP contribution is -2.26. The van der Waals surface area contributed by atoms with Crippen LogP contribution in [0.2, 0.25) is 0 Å². The van der Waals surface area contributed by atoms with E-state index in [0.717, 1.165) is 17.9 Å². The number of aliphatic imine (C=N–C) groups is 1. The van der Waals surface area contributed by atoms with Crippen molar-refractivity contribution in [3.05, 3.63) is 54.1 Å². The number of nitrogens with zero attached hydrogens (tertiary/aromatic N) is 1. The molecule has 1 aliphatic heterocycles. The Morgan fingerprint density at radius 2 is 1.82 bits per heavy atom. The number of carbonyl (C=O) groups excluding carboxylic acids is 1. The molecule has 0 unspecified atom stereocenters. The molecule has 0 saturated carbocycles. The van der Waals surface area contributed by atoms with Crippen LogP contribution in [-0.2, 0) is 0 Å². The van der Waals surface area contributed by atoms with Crippen molar-refractivity contribution in [1.82, 2.24) is 5.32 Å². The first-order valence-corrected chi connectivity index (χ1v) is 9.02. The van der Waals surface area contributed by atoms with E-state index in [4.69, 9.17) is 15.2 Å². The molecule has 8 heteroatoms. The molecule has 150 valence electrons. The second-order valence-electron chi connectivity index (χ2n) is 6.08. The van der Waals surface area contributed by atoms with Gasteiger partial charge in [-0.1, -0.05) is 18.2 Å². The number of hydrogen-bond donors (Lipinski definition) is 3. The van der Waals surface area contributed by atoms with E-state index in [1.54, 1.807) is 12.1 Å². The summed E-state index contributed by atoms with van der Waals surface area (Å²) in [6.45, 7) is 2.34. The summed E-state index contributed by atoms with van der Waals surface area (Å²) in [6, 6.07) is 14.7. The molecule has 2 aromatic rings. The molecule has 4 N–H and O–H groups in total. The van der Waals surface area contributed by atoms with Crippen LogP contribution in [0.1, 0.15) is 23.2 Å². The van der Waals surface area contributed by atoms with Gasteiger partial charge in [-0.3, -0.25) is 9.79 Å². The van der Waals surface area contributed by atoms with Gasteiger partial charge in [0.05, 0.1) is 13.2 Å². The van der Waals surface area contributed by atoms with Gasteiger partial charge < -0.3 is 25.8 Å². The second kappa shape index (κ2) is 11.4. The van der Waals surface area contributed by atoms with Gasteiger partial charge in [0.1, 0.15) is 0 Å². The lowest BCUT2D eigenvalue weighted by molar-refractivity contribution is 0.0953. The van der Waals surface area contributed by atoms with Crippen LogP contribution in [0.25, 0.3) is 0 Å². The number of guanidine groups is 1. The monoisotopic (exact) mass is 496 g/mol. The average Bonchev–Trinajstić information content (AvgIpc) is 2.93. The molecule has 0 spiro atoms. The predicted molar refractivity (Wildman–Crippen MR) is 121 cm³/mol. The molecule has 0 aliphatic carbocycles. The second-order valence-corrected chi connectivity index (χ2v) is 6.08. The first-order chi connectivity index (χ1) is 13.2. The number of fused-ring (bicyclic) bond motifs is 1. The number of benzene rings is 2. The van der Waals surface area contributed by atoms with Crippen molar-refractivity contribution in [3.8, 4) is 11.5 Å². The van der Waals surface area contributed by atoms with Crippen molar-refractivity contribution in [2.45, 2.75) is 12.8 Å². The maximum Gasteiger partial charge on any atom is 0.251 e. The van der Waals surface area contributed by atoms with Crippen LogP contribution in [0.5, 0.6) is 11.5 Å². The number of ether oxygens (including phenoxy) is 2. The molecule has 28 heavy (non-hydrogen) atoms. The maximum absolute atomic E-state index is 11.9. The number of hydrogen-bond acceptors (Lipinski definition) is 4. The van der Waals surface area contributed by atoms with E-state index < -0.39 is 0 Å². The van der Waals surface area contributed by atoms with Crippen LogP contribution < -0.4 is 25.8 Å². The summed E-state index contributed by atoms with van der Waals surface area (Å²) in [4.78, 5) is 16.2. The van der Waals surface area contributed by atoms with Crippen LogP contribution in [0.3, 0.4) is 0 Å². The number of nitrogens with one attached hydrogen (secondary N) is 2. The van der Waals surface area contributed by atoms with Crippen molar-refractivity contribution >= 4 is 41.5 Å². The summed E-state index contributed by atoms with van der Waals surface area (Å²) in [7, 11) is 0. The Kier molecular flexibility index (Phi) is 8.86. The number of amides is 1. The smallest absolute Gasteiger partial charge is 0.251 e. The minimum atomic E-state index is -0.0853. The largest absolute Gasteiger partial charge is 0.490 e. The van der Waals surface area contributed by atoms with Crippen molar-refractivity contribution < 1.29 is 14.3 Å². The molecule has 0 bridgehead atoms. The van der Waals surface area contributed by atoms with Gasteiger partial charge in [-0.2, -0.15) is 0 Å². The van der Waals surface area contributed by atoms with Crippen LogP contribution in [-0.4, -0.2) is 38.2 Å². The molecule has 0 fully saturated rings. The number of nitrogens with two attached hydrogens (primary N) is 1. The Labute approximate surface area is 181 Å². The minimum Gasteiger partial charge on any atom is -0.490 e. The predicted octanol–water partition coefficient (Wildman–Crippen LogP) is 3.01. The highest BCUT2D eigenvalue weighted by atomic mass is 127. The molecule has 1 aliphatic rings. The molecule has 0 atom stereocenters. The van der Waals surface area contributed by atoms with E-state index in [-0.39, 0.29) is 29.9 Å². The number of carbonyl (C=O) groups is 1. The molecular weight excluding hydrogens is 471 g/mol. The first-order valence-electron chi connectivity index (χ1n) is 9.02. The zero-order valence-electron chi connectivity index (χ0n) is 15.5. The summed E-state index contributed by atoms with van der Waals surface area (Å²) in [5.74, 6) is 1.67. The van der Waals surface area contributed by atoms with Gasteiger partial charge >= 0.3 is 0 Å². The molecular formula is C20H25IN4O3. The zero-order valence-corrected chi connectivity index (χ0v) is 17.8. The summed E-state index contributed by atoms with van der Waals surface area (Å²) < 4.78 is 11.3. The van der Waals surface area contributed by atoms with Crippen molar-refractivity contribution in [3.63, 3.8) is 0 Å². The van der Waals surface area contributed by atoms with Gasteiger partial charge in [-0.25, -0.2) is 0 Å². The molecule has 2 aromatic carbocycles. The Bertz CT molecular complexity index is 799. The summed E-state index contributed by atoms with van der Waals surface area (Å²) >= 11 is 0. The fourth-order valence-electron chi connectivity index (χ4n) is 2.60. The highest BCUT2D eigenvalue weighted by Gasteiger charge is 2.10. The highest BCUT2D eigenvalue weighted by molar-refractivity contribution is 14.0. The molecule has 0 aromatic heterocycles. The van der Waals surface area contributed by atoms with Crippen LogP contribution in [0, 0.1) is 0 Å². The number of anilines is 1. The standard InChI is InChI=1S/C20H24N4O3.HI/c21-20(23-11-4-10-22-19(25)15-6-2-1-3-7-15)24-16-8-9-17-18(14-16)27-13-5-12-26-17;/h1-3,6-9,14H,4-5,10-13H2,(H,22,25)(H3,21,23,24);1H. The Balaban J connectivity index is 0.00000280. The van der Waals surface area contributed by atoms with E-state index >= 15 is 0 Å². The van der Waals surface area contributed by atoms with Gasteiger partial charge in [0, 0.05) is 36.8 Å². The highest BCUT2D eigenvalue weighted by Crippen LogP contribution is 2.32. The molecule has 0 saturated heterocycles. The van der Waals surface area contributed by atoms with E-state index in [0.29, 0.717) is 50.0 Å². The van der Waals surface area contributed by atoms with Gasteiger partial charge in [-0.05, 0) is 30.7 Å². The first kappa shape index (κ1) is 21.8. The Morgan fingerprint density at radius 3 is 2.61 bits per heavy atom. The normalized spacial score (nSPS) is 13.1. The summed E-state index contributed by atoms with van der Waals surface area (Å²) in [5, 5.41) is 5.91. The summed E-state index contributed by atoms with van der Waals surface area (Å²) in [5.41, 5.74) is 7.36. The maximum atomic E-state index is 11.9. The minimum absolute atomic E-state index is 0. The van der Waals surface area contributed by atoms with Crippen LogP contribution >= 0.6 is 24.0 Å². The van der Waals surface area contributed by atoms with Crippen molar-refractivity contribution in [1.29, 1.82) is 0 Å². The average molecular weight is 496 g/mol. The third-order valence-electron chi connectivity index (χ3n) is 3.96. The third kappa shape index (κ3) is 6.59. The zero-order chi connectivity index (χ0) is 18.9. The van der Waals surface area contributed by atoms with E-state index in [1.807, 2.05) is 36.4 Å². The van der Waals surface area contributed by atoms with E-state index in [9.17, 15) is 4.79 Å². The van der Waals surface area contributed by atoms with Gasteiger partial charge in [0.25, 0.3) is 5.91 Å². The van der Waals surface area contributed by atoms with Crippen LogP contribution in [0.15, 0.2) is 53.5 Å². The van der Waals surface area contributed by atoms with Crippen molar-refractivity contribution in [2.24, 2.45) is 10.7 Å². The molecule has 7 nitrogen and oxygen atoms in total. The Hall–Kier alpha value is -2.49. The lowest BCUT2D eigenvalue weighted by atomic mass is 10.2. The van der Waals surface area contributed by atoms with E-state index in [2.05, 4.69) is 15.6 Å². The molecule has 0 radical (unpaired) electrons. The Morgan fingerprint density at radius 1 is 1.07 bits per heavy atom. The SMILES string of the molecule is I.NC(=NCCCNC(=O)c1ccccc1)Nc1ccc2c(c1)OCCCO2. The van der Waals surface area contributed by atoms with Gasteiger partial charge in [0.15, 0.2) is 17.5 Å². The molecule has 3 rings (SSSR count). The summed E-state index contributed by atoms with van der Waals surface area (Å²) in [6.07, 6.45) is 1.56. The fraction of sp³-hybridized carbons (Fsp3) is 0.300. The fourth-order valence-corrected chi connectivity index (χ4v) is 2.60. The topological polar surface area (TPSA) is 98.0 Å². The number of rotatable bonds is 6. The number of halogens is 1.